The molecule has 0 saturated carbocycles. The van der Waals surface area contributed by atoms with Crippen molar-refractivity contribution >= 4 is 17.6 Å². The number of hydrogen-bond donors (Lipinski definition) is 0. The summed E-state index contributed by atoms with van der Waals surface area (Å²) in [4.78, 5) is 35.7. The van der Waals surface area contributed by atoms with Crippen LogP contribution in [-0.4, -0.2) is 34.9 Å². The zero-order valence-electron chi connectivity index (χ0n) is 13.7. The largest absolute Gasteiger partial charge is 0.465 e. The minimum absolute atomic E-state index is 0.0318. The van der Waals surface area contributed by atoms with Crippen LogP contribution >= 0.6 is 0 Å². The molecule has 1 saturated heterocycles. The smallest absolute Gasteiger partial charge is 0.325 e. The van der Waals surface area contributed by atoms with E-state index in [0.29, 0.717) is 0 Å². The fourth-order valence-corrected chi connectivity index (χ4v) is 3.12. The SMILES string of the molecule is CCOC(=O)CN1C(=O)CC(C)(C)C1c1cc([N+](=O)[O-])ccc1F. The van der Waals surface area contributed by atoms with Crippen molar-refractivity contribution in [2.24, 2.45) is 5.41 Å². The summed E-state index contributed by atoms with van der Waals surface area (Å²) in [5, 5.41) is 11.0. The first-order chi connectivity index (χ1) is 11.2. The molecule has 0 N–H and O–H groups in total. The summed E-state index contributed by atoms with van der Waals surface area (Å²) in [6.07, 6.45) is 0.110. The Hall–Kier alpha value is -2.51. The number of amides is 1. The Bertz CT molecular complexity index is 689. The molecule has 8 heteroatoms. The van der Waals surface area contributed by atoms with Crippen molar-refractivity contribution in [2.45, 2.75) is 33.2 Å². The van der Waals surface area contributed by atoms with Crippen molar-refractivity contribution in [1.82, 2.24) is 4.90 Å². The highest BCUT2D eigenvalue weighted by Crippen LogP contribution is 2.48. The van der Waals surface area contributed by atoms with E-state index in [4.69, 9.17) is 4.74 Å². The van der Waals surface area contributed by atoms with Gasteiger partial charge >= 0.3 is 5.97 Å². The first-order valence-corrected chi connectivity index (χ1v) is 7.56. The Balaban J connectivity index is 2.46. The number of benzene rings is 1. The van der Waals surface area contributed by atoms with Gasteiger partial charge in [-0.2, -0.15) is 0 Å². The molecule has 1 aliphatic heterocycles. The molecule has 0 aliphatic carbocycles. The quantitative estimate of drug-likeness (QED) is 0.468. The number of non-ortho nitro benzene ring substituents is 1. The Morgan fingerprint density at radius 1 is 1.50 bits per heavy atom. The van der Waals surface area contributed by atoms with E-state index in [0.717, 1.165) is 18.2 Å². The molecule has 1 unspecified atom stereocenters. The Morgan fingerprint density at radius 2 is 2.17 bits per heavy atom. The van der Waals surface area contributed by atoms with E-state index < -0.39 is 28.2 Å². The van der Waals surface area contributed by atoms with E-state index in [1.807, 2.05) is 0 Å². The van der Waals surface area contributed by atoms with Gasteiger partial charge in [0.1, 0.15) is 12.4 Å². The van der Waals surface area contributed by atoms with Gasteiger partial charge in [-0.1, -0.05) is 13.8 Å². The zero-order chi connectivity index (χ0) is 18.1. The molecule has 1 aliphatic rings. The lowest BCUT2D eigenvalue weighted by molar-refractivity contribution is -0.385. The number of nitro benzene ring substituents is 1. The van der Waals surface area contributed by atoms with Crippen LogP contribution in [0.1, 0.15) is 38.8 Å². The van der Waals surface area contributed by atoms with Crippen LogP contribution in [0.25, 0.3) is 0 Å². The van der Waals surface area contributed by atoms with E-state index in [1.165, 1.54) is 4.90 Å². The topological polar surface area (TPSA) is 89.8 Å². The summed E-state index contributed by atoms with van der Waals surface area (Å²) in [6.45, 7) is 5.02. The van der Waals surface area contributed by atoms with Gasteiger partial charge in [0.2, 0.25) is 5.91 Å². The van der Waals surface area contributed by atoms with Crippen molar-refractivity contribution in [3.05, 3.63) is 39.7 Å². The molecule has 1 fully saturated rings. The van der Waals surface area contributed by atoms with E-state index in [2.05, 4.69) is 0 Å². The van der Waals surface area contributed by atoms with Gasteiger partial charge in [-0.15, -0.1) is 0 Å². The lowest BCUT2D eigenvalue weighted by Crippen LogP contribution is -2.36. The van der Waals surface area contributed by atoms with Gasteiger partial charge in [0.15, 0.2) is 0 Å². The molecule has 24 heavy (non-hydrogen) atoms. The van der Waals surface area contributed by atoms with Crippen LogP contribution in [0, 0.1) is 21.3 Å². The molecule has 1 aromatic rings. The second-order valence-corrected chi connectivity index (χ2v) is 6.36. The molecule has 0 bridgehead atoms. The van der Waals surface area contributed by atoms with Gasteiger partial charge in [0.25, 0.3) is 5.69 Å². The van der Waals surface area contributed by atoms with E-state index in [9.17, 15) is 24.1 Å². The molecule has 1 heterocycles. The van der Waals surface area contributed by atoms with E-state index in [-0.39, 0.29) is 36.7 Å². The third-order valence-corrected chi connectivity index (χ3v) is 4.07. The molecule has 7 nitrogen and oxygen atoms in total. The second kappa shape index (κ2) is 6.54. The summed E-state index contributed by atoms with van der Waals surface area (Å²) < 4.78 is 19.2. The number of carbonyl (C=O) groups is 2. The molecule has 1 aromatic carbocycles. The summed E-state index contributed by atoms with van der Waals surface area (Å²) in [5.74, 6) is -1.56. The van der Waals surface area contributed by atoms with Crippen LogP contribution < -0.4 is 0 Å². The van der Waals surface area contributed by atoms with Gasteiger partial charge in [-0.3, -0.25) is 19.7 Å². The summed E-state index contributed by atoms with van der Waals surface area (Å²) in [5.41, 5.74) is -0.915. The normalized spacial score (nSPS) is 19.4. The number of esters is 1. The predicted molar refractivity (Wildman–Crippen MR) is 82.5 cm³/mol. The summed E-state index contributed by atoms with van der Waals surface area (Å²) >= 11 is 0. The van der Waals surface area contributed by atoms with Gasteiger partial charge in [0, 0.05) is 24.1 Å². The van der Waals surface area contributed by atoms with Crippen LogP contribution in [0.3, 0.4) is 0 Å². The zero-order valence-corrected chi connectivity index (χ0v) is 13.7. The molecule has 2 rings (SSSR count). The second-order valence-electron chi connectivity index (χ2n) is 6.36. The van der Waals surface area contributed by atoms with Gasteiger partial charge in [-0.25, -0.2) is 4.39 Å². The third kappa shape index (κ3) is 3.37. The molecular weight excluding hydrogens is 319 g/mol. The van der Waals surface area contributed by atoms with Crippen molar-refractivity contribution in [3.63, 3.8) is 0 Å². The van der Waals surface area contributed by atoms with Crippen molar-refractivity contribution < 1.29 is 23.6 Å². The van der Waals surface area contributed by atoms with Crippen molar-refractivity contribution in [1.29, 1.82) is 0 Å². The standard InChI is InChI=1S/C16H19FN2O5/c1-4-24-14(21)9-18-13(20)8-16(2,3)15(18)11-7-10(19(22)23)5-6-12(11)17/h5-7,15H,4,8-9H2,1-3H3. The van der Waals surface area contributed by atoms with Crippen LogP contribution in [-0.2, 0) is 14.3 Å². The Labute approximate surface area is 138 Å². The van der Waals surface area contributed by atoms with Crippen LogP contribution in [0.4, 0.5) is 10.1 Å². The Morgan fingerprint density at radius 3 is 2.75 bits per heavy atom. The van der Waals surface area contributed by atoms with Crippen LogP contribution in [0.5, 0.6) is 0 Å². The fraction of sp³-hybridized carbons (Fsp3) is 0.500. The highest BCUT2D eigenvalue weighted by molar-refractivity contribution is 5.85. The van der Waals surface area contributed by atoms with Crippen LogP contribution in [0.15, 0.2) is 18.2 Å². The molecule has 1 amide bonds. The Kier molecular flexibility index (Phi) is 4.86. The fourth-order valence-electron chi connectivity index (χ4n) is 3.12. The monoisotopic (exact) mass is 338 g/mol. The minimum atomic E-state index is -0.783. The highest BCUT2D eigenvalue weighted by Gasteiger charge is 2.48. The lowest BCUT2D eigenvalue weighted by Gasteiger charge is -2.32. The van der Waals surface area contributed by atoms with Crippen LogP contribution in [0.2, 0.25) is 0 Å². The van der Waals surface area contributed by atoms with Crippen molar-refractivity contribution in [3.8, 4) is 0 Å². The van der Waals surface area contributed by atoms with Gasteiger partial charge in [0.05, 0.1) is 17.6 Å². The maximum atomic E-state index is 14.3. The average Bonchev–Trinajstić information content (AvgIpc) is 2.69. The number of halogens is 1. The minimum Gasteiger partial charge on any atom is -0.465 e. The van der Waals surface area contributed by atoms with Crippen molar-refractivity contribution in [2.75, 3.05) is 13.2 Å². The lowest BCUT2D eigenvalue weighted by atomic mass is 9.80. The highest BCUT2D eigenvalue weighted by atomic mass is 19.1. The average molecular weight is 338 g/mol. The first kappa shape index (κ1) is 17.8. The molecule has 0 radical (unpaired) electrons. The number of nitro groups is 1. The van der Waals surface area contributed by atoms with Gasteiger partial charge in [-0.05, 0) is 18.4 Å². The maximum absolute atomic E-state index is 14.3. The maximum Gasteiger partial charge on any atom is 0.325 e. The number of nitrogens with zero attached hydrogens (tertiary/aromatic N) is 2. The molecule has 0 spiro atoms. The number of rotatable bonds is 5. The molecule has 130 valence electrons. The van der Waals surface area contributed by atoms with Gasteiger partial charge < -0.3 is 9.64 Å². The number of likely N-dealkylation sites (tertiary alicyclic amines) is 1. The van der Waals surface area contributed by atoms with E-state index in [1.54, 1.807) is 20.8 Å². The third-order valence-electron chi connectivity index (χ3n) is 4.07. The summed E-state index contributed by atoms with van der Waals surface area (Å²) in [6, 6.07) is 2.42. The molecule has 1 atom stereocenters. The first-order valence-electron chi connectivity index (χ1n) is 7.56. The predicted octanol–water partition coefficient (Wildman–Crippen LogP) is 2.60. The number of carbonyl (C=O) groups excluding carboxylic acids is 2. The van der Waals surface area contributed by atoms with E-state index >= 15 is 0 Å². The molecular formula is C16H19FN2O5. The number of ether oxygens (including phenoxy) is 1. The number of hydrogen-bond acceptors (Lipinski definition) is 5. The summed E-state index contributed by atoms with van der Waals surface area (Å²) in [7, 11) is 0. The molecule has 0 aromatic heterocycles.